The van der Waals surface area contributed by atoms with Crippen molar-refractivity contribution in [3.63, 3.8) is 0 Å². The minimum absolute atomic E-state index is 0.0408. The van der Waals surface area contributed by atoms with Crippen LogP contribution in [0, 0.1) is 0 Å². The highest BCUT2D eigenvalue weighted by atomic mass is 16.6. The summed E-state index contributed by atoms with van der Waals surface area (Å²) in [6, 6.07) is 0.416. The number of hydrogen-bond acceptors (Lipinski definition) is 4. The number of carbonyl (C=O) groups excluding carboxylic acids is 2. The highest BCUT2D eigenvalue weighted by Crippen LogP contribution is 2.26. The van der Waals surface area contributed by atoms with Gasteiger partial charge in [-0.15, -0.1) is 0 Å². The first-order chi connectivity index (χ1) is 9.56. The van der Waals surface area contributed by atoms with Gasteiger partial charge < -0.3 is 14.5 Å². The molecule has 0 aliphatic carbocycles. The Morgan fingerprint density at radius 2 is 1.80 bits per heavy atom. The lowest BCUT2D eigenvalue weighted by atomic mass is 10.0. The molecule has 20 heavy (non-hydrogen) atoms. The van der Waals surface area contributed by atoms with Crippen LogP contribution in [0.2, 0.25) is 0 Å². The maximum Gasteiger partial charge on any atom is 0.323 e. The summed E-state index contributed by atoms with van der Waals surface area (Å²) >= 11 is 0. The van der Waals surface area contributed by atoms with Crippen LogP contribution in [-0.2, 0) is 9.53 Å². The van der Waals surface area contributed by atoms with Crippen LogP contribution in [0.3, 0.4) is 0 Å². The Morgan fingerprint density at radius 1 is 1.10 bits per heavy atom. The summed E-state index contributed by atoms with van der Waals surface area (Å²) in [5, 5.41) is 0. The number of ether oxygens (including phenoxy) is 1. The Balaban J connectivity index is 1.55. The molecule has 3 heterocycles. The predicted octanol–water partition coefficient (Wildman–Crippen LogP) is 0.522. The van der Waals surface area contributed by atoms with E-state index in [-0.39, 0.29) is 24.1 Å². The number of amides is 2. The van der Waals surface area contributed by atoms with Crippen molar-refractivity contribution >= 4 is 12.0 Å². The average Bonchev–Trinajstić information content (AvgIpc) is 2.94. The van der Waals surface area contributed by atoms with Gasteiger partial charge in [-0.2, -0.15) is 0 Å². The second-order valence-corrected chi connectivity index (χ2v) is 6.16. The number of urea groups is 1. The number of likely N-dealkylation sites (tertiary alicyclic amines) is 1. The van der Waals surface area contributed by atoms with Gasteiger partial charge in [-0.3, -0.25) is 9.69 Å². The Labute approximate surface area is 119 Å². The van der Waals surface area contributed by atoms with Crippen molar-refractivity contribution in [3.8, 4) is 0 Å². The monoisotopic (exact) mass is 281 g/mol. The molecule has 0 radical (unpaired) electrons. The van der Waals surface area contributed by atoms with E-state index in [1.165, 1.54) is 0 Å². The van der Waals surface area contributed by atoms with E-state index < -0.39 is 0 Å². The molecule has 0 spiro atoms. The fraction of sp³-hybridized carbons (Fsp3) is 0.857. The van der Waals surface area contributed by atoms with Gasteiger partial charge in [0.05, 0.1) is 0 Å². The molecule has 6 nitrogen and oxygen atoms in total. The summed E-state index contributed by atoms with van der Waals surface area (Å²) in [6.45, 7) is 5.37. The van der Waals surface area contributed by atoms with Crippen LogP contribution >= 0.6 is 0 Å². The molecule has 0 bridgehead atoms. The minimum Gasteiger partial charge on any atom is -0.461 e. The molecule has 3 rings (SSSR count). The quantitative estimate of drug-likeness (QED) is 0.693. The van der Waals surface area contributed by atoms with Crippen molar-refractivity contribution in [3.05, 3.63) is 0 Å². The average molecular weight is 281 g/mol. The zero-order valence-electron chi connectivity index (χ0n) is 12.2. The van der Waals surface area contributed by atoms with Crippen LogP contribution in [-0.4, -0.2) is 78.1 Å². The Bertz CT molecular complexity index is 396. The summed E-state index contributed by atoms with van der Waals surface area (Å²) < 4.78 is 5.23. The molecular formula is C14H23N3O3. The van der Waals surface area contributed by atoms with Gasteiger partial charge in [-0.1, -0.05) is 0 Å². The maximum atomic E-state index is 12.0. The first-order valence-corrected chi connectivity index (χ1v) is 7.52. The third-order valence-electron chi connectivity index (χ3n) is 4.77. The van der Waals surface area contributed by atoms with E-state index in [0.717, 1.165) is 45.4 Å². The van der Waals surface area contributed by atoms with Gasteiger partial charge in [0.2, 0.25) is 0 Å². The maximum absolute atomic E-state index is 12.0. The molecule has 112 valence electrons. The van der Waals surface area contributed by atoms with Crippen LogP contribution < -0.4 is 0 Å². The van der Waals surface area contributed by atoms with Crippen molar-refractivity contribution in [2.45, 2.75) is 44.4 Å². The molecule has 3 aliphatic heterocycles. The molecule has 0 aromatic heterocycles. The third-order valence-corrected chi connectivity index (χ3v) is 4.77. The molecule has 0 unspecified atom stereocenters. The molecule has 6 heteroatoms. The number of hydrogen-bond donors (Lipinski definition) is 0. The molecule has 2 amide bonds. The van der Waals surface area contributed by atoms with Gasteiger partial charge in [-0.25, -0.2) is 4.79 Å². The lowest BCUT2D eigenvalue weighted by Crippen LogP contribution is -2.50. The van der Waals surface area contributed by atoms with Gasteiger partial charge in [0.15, 0.2) is 0 Å². The van der Waals surface area contributed by atoms with Gasteiger partial charge >= 0.3 is 12.0 Å². The van der Waals surface area contributed by atoms with Gasteiger partial charge in [0.1, 0.15) is 12.1 Å². The Hall–Kier alpha value is -1.30. The number of carbonyl (C=O) groups is 2. The second kappa shape index (κ2) is 5.24. The molecule has 0 aromatic rings. The third kappa shape index (κ3) is 2.37. The standard InChI is InChI=1S/C14H23N3O3/c1-10-9-12(13(18)20-10)16-5-3-11(4-6-16)17-8-7-15(2)14(17)19/h10-12H,3-9H2,1-2H3/t10-,12+/m0/s1. The van der Waals surface area contributed by atoms with Crippen molar-refractivity contribution in [2.24, 2.45) is 0 Å². The summed E-state index contributed by atoms with van der Waals surface area (Å²) in [5.41, 5.74) is 0. The number of nitrogens with zero attached hydrogens (tertiary/aromatic N) is 3. The SMILES string of the molecule is C[C@H]1C[C@@H](N2CCC(N3CCN(C)C3=O)CC2)C(=O)O1. The molecule has 0 aromatic carbocycles. The van der Waals surface area contributed by atoms with Gasteiger partial charge in [0, 0.05) is 45.7 Å². The van der Waals surface area contributed by atoms with Crippen molar-refractivity contribution in [1.82, 2.24) is 14.7 Å². The number of cyclic esters (lactones) is 1. The lowest BCUT2D eigenvalue weighted by molar-refractivity contribution is -0.145. The van der Waals surface area contributed by atoms with Gasteiger partial charge in [0.25, 0.3) is 0 Å². The van der Waals surface area contributed by atoms with E-state index in [1.54, 1.807) is 4.90 Å². The zero-order valence-corrected chi connectivity index (χ0v) is 12.2. The molecule has 3 fully saturated rings. The summed E-state index contributed by atoms with van der Waals surface area (Å²) in [5.74, 6) is -0.0760. The van der Waals surface area contributed by atoms with Crippen LogP contribution in [0.25, 0.3) is 0 Å². The molecule has 2 atom stereocenters. The topological polar surface area (TPSA) is 53.1 Å². The predicted molar refractivity (Wildman–Crippen MR) is 73.3 cm³/mol. The number of esters is 1. The highest BCUT2D eigenvalue weighted by Gasteiger charge is 2.40. The van der Waals surface area contributed by atoms with Crippen LogP contribution in [0.1, 0.15) is 26.2 Å². The fourth-order valence-corrected chi connectivity index (χ4v) is 3.55. The van der Waals surface area contributed by atoms with E-state index in [2.05, 4.69) is 4.90 Å². The van der Waals surface area contributed by atoms with E-state index in [4.69, 9.17) is 4.74 Å². The molecular weight excluding hydrogens is 258 g/mol. The first kappa shape index (κ1) is 13.7. The van der Waals surface area contributed by atoms with E-state index in [1.807, 2.05) is 18.9 Å². The second-order valence-electron chi connectivity index (χ2n) is 6.16. The first-order valence-electron chi connectivity index (χ1n) is 7.52. The van der Waals surface area contributed by atoms with E-state index >= 15 is 0 Å². The molecule has 0 saturated carbocycles. The molecule has 3 aliphatic rings. The van der Waals surface area contributed by atoms with Crippen molar-refractivity contribution in [1.29, 1.82) is 0 Å². The minimum atomic E-state index is -0.0760. The smallest absolute Gasteiger partial charge is 0.323 e. The van der Waals surface area contributed by atoms with Gasteiger partial charge in [-0.05, 0) is 19.8 Å². The van der Waals surface area contributed by atoms with Crippen LogP contribution in [0.15, 0.2) is 0 Å². The normalized spacial score (nSPS) is 33.1. The van der Waals surface area contributed by atoms with Crippen molar-refractivity contribution in [2.75, 3.05) is 33.2 Å². The van der Waals surface area contributed by atoms with E-state index in [0.29, 0.717) is 6.04 Å². The Kier molecular flexibility index (Phi) is 3.58. The summed E-state index contributed by atoms with van der Waals surface area (Å²) in [6.07, 6.45) is 2.75. The zero-order chi connectivity index (χ0) is 14.3. The lowest BCUT2D eigenvalue weighted by Gasteiger charge is -2.37. The number of piperidine rings is 1. The summed E-state index contributed by atoms with van der Waals surface area (Å²) in [7, 11) is 1.85. The molecule has 0 N–H and O–H groups in total. The van der Waals surface area contributed by atoms with Crippen LogP contribution in [0.5, 0.6) is 0 Å². The number of likely N-dealkylation sites (N-methyl/N-ethyl adjacent to an activating group) is 1. The largest absolute Gasteiger partial charge is 0.461 e. The highest BCUT2D eigenvalue weighted by molar-refractivity contribution is 5.78. The van der Waals surface area contributed by atoms with Crippen molar-refractivity contribution < 1.29 is 14.3 Å². The summed E-state index contributed by atoms with van der Waals surface area (Å²) in [4.78, 5) is 29.8. The molecule has 3 saturated heterocycles. The Morgan fingerprint density at radius 3 is 2.30 bits per heavy atom. The number of rotatable bonds is 2. The van der Waals surface area contributed by atoms with Crippen LogP contribution in [0.4, 0.5) is 4.79 Å². The fourth-order valence-electron chi connectivity index (χ4n) is 3.55. The van der Waals surface area contributed by atoms with E-state index in [9.17, 15) is 9.59 Å².